The Morgan fingerprint density at radius 2 is 2.20 bits per heavy atom. The molecule has 0 aromatic heterocycles. The largest absolute Gasteiger partial charge is 0.467 e. The fourth-order valence-corrected chi connectivity index (χ4v) is 1.60. The van der Waals surface area contributed by atoms with E-state index in [1.165, 1.54) is 11.8 Å². The Bertz CT molecular complexity index is 283. The van der Waals surface area contributed by atoms with Gasteiger partial charge in [-0.15, -0.1) is 0 Å². The molecule has 1 amide bonds. The molecule has 6 heteroatoms. The van der Waals surface area contributed by atoms with Crippen molar-refractivity contribution in [2.45, 2.75) is 25.1 Å². The highest BCUT2D eigenvalue weighted by Crippen LogP contribution is 2.27. The number of halogens is 1. The van der Waals surface area contributed by atoms with Crippen LogP contribution in [-0.4, -0.2) is 48.7 Å². The van der Waals surface area contributed by atoms with Crippen molar-refractivity contribution >= 4 is 11.9 Å². The van der Waals surface area contributed by atoms with Crippen molar-refractivity contribution in [3.8, 4) is 0 Å². The van der Waals surface area contributed by atoms with Crippen LogP contribution < -0.4 is 5.73 Å². The van der Waals surface area contributed by atoms with E-state index in [0.717, 1.165) is 7.11 Å². The molecule has 0 aromatic rings. The fraction of sp³-hybridized carbons (Fsp3) is 0.778. The van der Waals surface area contributed by atoms with E-state index in [4.69, 9.17) is 5.73 Å². The van der Waals surface area contributed by atoms with E-state index >= 15 is 0 Å². The molecule has 1 saturated heterocycles. The Hall–Kier alpha value is -1.17. The first-order valence-corrected chi connectivity index (χ1v) is 4.72. The maximum absolute atomic E-state index is 13.9. The monoisotopic (exact) mass is 218 g/mol. The minimum absolute atomic E-state index is 0.0296. The molecular weight excluding hydrogens is 203 g/mol. The highest BCUT2D eigenvalue weighted by Gasteiger charge is 2.47. The lowest BCUT2D eigenvalue weighted by Gasteiger charge is -2.20. The molecule has 2 N–H and O–H groups in total. The molecule has 0 radical (unpaired) electrons. The summed E-state index contributed by atoms with van der Waals surface area (Å²) in [5.74, 6) is -1.28. The zero-order valence-electron chi connectivity index (χ0n) is 8.83. The number of nitrogens with zero attached hydrogens (tertiary/aromatic N) is 1. The molecule has 2 unspecified atom stereocenters. The maximum atomic E-state index is 13.9. The third-order valence-corrected chi connectivity index (χ3v) is 2.47. The van der Waals surface area contributed by atoms with Crippen molar-refractivity contribution in [3.63, 3.8) is 0 Å². The highest BCUT2D eigenvalue weighted by atomic mass is 19.1. The number of nitrogens with two attached hydrogens (primary N) is 1. The zero-order chi connectivity index (χ0) is 11.6. The molecule has 1 fully saturated rings. The average Bonchev–Trinajstić information content (AvgIpc) is 2.59. The summed E-state index contributed by atoms with van der Waals surface area (Å²) < 4.78 is 18.2. The van der Waals surface area contributed by atoms with Gasteiger partial charge in [-0.2, -0.15) is 0 Å². The molecule has 2 atom stereocenters. The number of rotatable bonds is 2. The smallest absolute Gasteiger partial charge is 0.345 e. The molecule has 1 rings (SSSR count). The summed E-state index contributed by atoms with van der Waals surface area (Å²) in [7, 11) is 1.12. The van der Waals surface area contributed by atoms with E-state index in [9.17, 15) is 14.0 Å². The number of methoxy groups -OCH3 is 1. The quantitative estimate of drug-likeness (QED) is 0.631. The first kappa shape index (κ1) is 11.9. The number of ether oxygens (including phenoxy) is 1. The number of alkyl halides is 1. The van der Waals surface area contributed by atoms with Crippen molar-refractivity contribution < 1.29 is 18.7 Å². The number of carbonyl (C=O) groups is 2. The molecule has 86 valence electrons. The summed E-state index contributed by atoms with van der Waals surface area (Å²) in [5, 5.41) is 0. The minimum Gasteiger partial charge on any atom is -0.467 e. The Labute approximate surface area is 87.4 Å². The highest BCUT2D eigenvalue weighted by molar-refractivity contribution is 5.85. The molecule has 5 nitrogen and oxygen atoms in total. The van der Waals surface area contributed by atoms with Crippen molar-refractivity contribution in [2.75, 3.05) is 20.2 Å². The summed E-state index contributed by atoms with van der Waals surface area (Å²) >= 11 is 0. The summed E-state index contributed by atoms with van der Waals surface area (Å²) in [6, 6.07) is -0.676. The second kappa shape index (κ2) is 4.14. The summed E-state index contributed by atoms with van der Waals surface area (Å²) in [5.41, 5.74) is 3.31. The van der Waals surface area contributed by atoms with Crippen molar-refractivity contribution in [1.29, 1.82) is 0 Å². The number of hydrogen-bond acceptors (Lipinski definition) is 4. The molecule has 1 heterocycles. The molecule has 15 heavy (non-hydrogen) atoms. The molecule has 0 spiro atoms. The van der Waals surface area contributed by atoms with Crippen molar-refractivity contribution in [2.24, 2.45) is 5.73 Å². The lowest BCUT2D eigenvalue weighted by atomic mass is 10.1. The summed E-state index contributed by atoms with van der Waals surface area (Å²) in [6.45, 7) is 1.46. The van der Waals surface area contributed by atoms with E-state index < -0.39 is 17.7 Å². The molecule has 0 aliphatic carbocycles. The molecule has 0 aromatic carbocycles. The van der Waals surface area contributed by atoms with E-state index in [-0.39, 0.29) is 25.4 Å². The molecule has 0 saturated carbocycles. The van der Waals surface area contributed by atoms with Crippen LogP contribution in [-0.2, 0) is 14.3 Å². The van der Waals surface area contributed by atoms with Crippen LogP contribution >= 0.6 is 0 Å². The van der Waals surface area contributed by atoms with Gasteiger partial charge in [0, 0.05) is 13.0 Å². The fourth-order valence-electron chi connectivity index (χ4n) is 1.60. The van der Waals surface area contributed by atoms with Gasteiger partial charge in [0.1, 0.15) is 0 Å². The van der Waals surface area contributed by atoms with Crippen molar-refractivity contribution in [3.05, 3.63) is 0 Å². The second-order valence-electron chi connectivity index (χ2n) is 3.76. The van der Waals surface area contributed by atoms with Gasteiger partial charge in [0.25, 0.3) is 0 Å². The summed E-state index contributed by atoms with van der Waals surface area (Å²) in [6.07, 6.45) is -0.0296. The SMILES string of the molecule is COC(=O)C1(F)CCN(C(=O)C(C)N)C1. The van der Waals surface area contributed by atoms with Crippen LogP contribution in [0.25, 0.3) is 0 Å². The standard InChI is InChI=1S/C9H15FN2O3/c1-6(11)7(13)12-4-3-9(10,5-12)8(14)15-2/h6H,3-5,11H2,1-2H3. The van der Waals surface area contributed by atoms with Gasteiger partial charge in [0.15, 0.2) is 0 Å². The van der Waals surface area contributed by atoms with E-state index in [0.29, 0.717) is 0 Å². The number of carbonyl (C=O) groups excluding carboxylic acids is 2. The van der Waals surface area contributed by atoms with Crippen molar-refractivity contribution in [1.82, 2.24) is 4.90 Å². The van der Waals surface area contributed by atoms with Crippen LogP contribution in [0, 0.1) is 0 Å². The van der Waals surface area contributed by atoms with Crippen LogP contribution in [0.3, 0.4) is 0 Å². The van der Waals surface area contributed by atoms with Gasteiger partial charge in [0.2, 0.25) is 11.6 Å². The lowest BCUT2D eigenvalue weighted by molar-refractivity contribution is -0.154. The minimum atomic E-state index is -2.07. The number of esters is 1. The van der Waals surface area contributed by atoms with Gasteiger partial charge in [-0.3, -0.25) is 4.79 Å². The van der Waals surface area contributed by atoms with Crippen LogP contribution in [0.1, 0.15) is 13.3 Å². The Morgan fingerprint density at radius 1 is 1.60 bits per heavy atom. The van der Waals surface area contributed by atoms with E-state index in [2.05, 4.69) is 4.74 Å². The van der Waals surface area contributed by atoms with Gasteiger partial charge in [-0.25, -0.2) is 9.18 Å². The van der Waals surface area contributed by atoms with Crippen LogP contribution in [0.2, 0.25) is 0 Å². The number of hydrogen-bond donors (Lipinski definition) is 1. The average molecular weight is 218 g/mol. The topological polar surface area (TPSA) is 72.6 Å². The predicted molar refractivity (Wildman–Crippen MR) is 50.7 cm³/mol. The first-order chi connectivity index (χ1) is 6.90. The second-order valence-corrected chi connectivity index (χ2v) is 3.76. The number of amides is 1. The maximum Gasteiger partial charge on any atom is 0.345 e. The summed E-state index contributed by atoms with van der Waals surface area (Å²) in [4.78, 5) is 23.8. The van der Waals surface area contributed by atoms with Crippen LogP contribution in [0.15, 0.2) is 0 Å². The zero-order valence-corrected chi connectivity index (χ0v) is 8.83. The Kier molecular flexibility index (Phi) is 3.28. The molecular formula is C9H15FN2O3. The molecule has 1 aliphatic rings. The normalized spacial score (nSPS) is 27.6. The third-order valence-electron chi connectivity index (χ3n) is 2.47. The third kappa shape index (κ3) is 2.26. The van der Waals surface area contributed by atoms with E-state index in [1.807, 2.05) is 0 Å². The van der Waals surface area contributed by atoms with Gasteiger partial charge in [-0.1, -0.05) is 0 Å². The van der Waals surface area contributed by atoms with Gasteiger partial charge in [-0.05, 0) is 6.92 Å². The van der Waals surface area contributed by atoms with Gasteiger partial charge in [0.05, 0.1) is 19.7 Å². The molecule has 1 aliphatic heterocycles. The molecule has 0 bridgehead atoms. The Morgan fingerprint density at radius 3 is 2.67 bits per heavy atom. The van der Waals surface area contributed by atoms with Crippen LogP contribution in [0.4, 0.5) is 4.39 Å². The van der Waals surface area contributed by atoms with Gasteiger partial charge >= 0.3 is 5.97 Å². The van der Waals surface area contributed by atoms with E-state index in [1.54, 1.807) is 0 Å². The Balaban J connectivity index is 2.66. The van der Waals surface area contributed by atoms with Crippen LogP contribution in [0.5, 0.6) is 0 Å². The number of likely N-dealkylation sites (tertiary alicyclic amines) is 1. The first-order valence-electron chi connectivity index (χ1n) is 4.72. The predicted octanol–water partition coefficient (Wildman–Crippen LogP) is -0.553. The van der Waals surface area contributed by atoms with Gasteiger partial charge < -0.3 is 15.4 Å². The lowest BCUT2D eigenvalue weighted by Crippen LogP contribution is -2.44.